The summed E-state index contributed by atoms with van der Waals surface area (Å²) in [5, 5.41) is 2.94. The number of nitrogens with one attached hydrogen (secondary N) is 1. The molecular weight excluding hydrogens is 468 g/mol. The highest BCUT2D eigenvalue weighted by Crippen LogP contribution is 2.31. The number of para-hydroxylation sites is 1. The molecule has 174 valence electrons. The van der Waals surface area contributed by atoms with Crippen LogP contribution in [-0.4, -0.2) is 35.9 Å². The van der Waals surface area contributed by atoms with Gasteiger partial charge in [0.2, 0.25) is 5.91 Å². The number of carbonyl (C=O) groups excluding carboxylic acids is 2. The Balaban J connectivity index is 2.19. The highest BCUT2D eigenvalue weighted by Gasteiger charge is 2.27. The molecule has 1 unspecified atom stereocenters. The van der Waals surface area contributed by atoms with E-state index in [0.717, 1.165) is 28.4 Å². The van der Waals surface area contributed by atoms with E-state index in [0.29, 0.717) is 18.8 Å². The van der Waals surface area contributed by atoms with Crippen molar-refractivity contribution in [3.05, 3.63) is 64.1 Å². The monoisotopic (exact) mass is 502 g/mol. The van der Waals surface area contributed by atoms with Gasteiger partial charge in [-0.1, -0.05) is 80.4 Å². The Kier molecular flexibility index (Phi) is 9.76. The van der Waals surface area contributed by atoms with Gasteiger partial charge in [0.1, 0.15) is 11.8 Å². The van der Waals surface area contributed by atoms with Crippen LogP contribution in [0.25, 0.3) is 0 Å². The van der Waals surface area contributed by atoms with E-state index in [2.05, 4.69) is 48.9 Å². The molecule has 2 rings (SSSR count). The Morgan fingerprint density at radius 3 is 2.50 bits per heavy atom. The molecule has 1 N–H and O–H groups in total. The first-order chi connectivity index (χ1) is 15.1. The van der Waals surface area contributed by atoms with Crippen molar-refractivity contribution in [1.29, 1.82) is 0 Å². The second kappa shape index (κ2) is 12.0. The molecule has 5 nitrogen and oxygen atoms in total. The quantitative estimate of drug-likeness (QED) is 0.438. The van der Waals surface area contributed by atoms with Crippen LogP contribution in [0.3, 0.4) is 0 Å². The molecule has 1 atom stereocenters. The number of rotatable bonds is 10. The molecule has 0 radical (unpaired) electrons. The second-order valence-electron chi connectivity index (χ2n) is 9.01. The number of carbonyl (C=O) groups is 2. The second-order valence-corrected chi connectivity index (χ2v) is 9.92. The summed E-state index contributed by atoms with van der Waals surface area (Å²) >= 11 is 3.48. The van der Waals surface area contributed by atoms with Gasteiger partial charge in [0.25, 0.3) is 5.91 Å². The van der Waals surface area contributed by atoms with Crippen LogP contribution in [0.2, 0.25) is 0 Å². The number of ether oxygens (including phenoxy) is 1. The molecule has 2 aromatic rings. The topological polar surface area (TPSA) is 58.6 Å². The predicted molar refractivity (Wildman–Crippen MR) is 133 cm³/mol. The molecule has 0 aliphatic heterocycles. The third-order valence-electron chi connectivity index (χ3n) is 5.29. The number of halogens is 1. The number of benzene rings is 2. The summed E-state index contributed by atoms with van der Waals surface area (Å²) in [6.07, 6.45) is 1.90. The summed E-state index contributed by atoms with van der Waals surface area (Å²) in [5.74, 6) is 0.305. The standard InChI is InChI=1S/C26H35BrN2O3/c1-6-7-15-28-25(31)19(2)29(17-20-11-10-12-21(27)16-20)24(30)18-32-23-14-9-8-13-22(23)26(3,4)5/h8-14,16,19H,6-7,15,17-18H2,1-5H3,(H,28,31). The fourth-order valence-electron chi connectivity index (χ4n) is 3.39. The molecule has 0 aromatic heterocycles. The Morgan fingerprint density at radius 2 is 1.84 bits per heavy atom. The zero-order valence-corrected chi connectivity index (χ0v) is 21.4. The Bertz CT molecular complexity index is 908. The number of hydrogen-bond acceptors (Lipinski definition) is 3. The van der Waals surface area contributed by atoms with E-state index in [4.69, 9.17) is 4.74 Å². The zero-order chi connectivity index (χ0) is 23.7. The maximum Gasteiger partial charge on any atom is 0.261 e. The normalized spacial score (nSPS) is 12.2. The Morgan fingerprint density at radius 1 is 1.12 bits per heavy atom. The first kappa shape index (κ1) is 25.9. The first-order valence-corrected chi connectivity index (χ1v) is 12.0. The summed E-state index contributed by atoms with van der Waals surface area (Å²) in [5.41, 5.74) is 1.87. The first-order valence-electron chi connectivity index (χ1n) is 11.2. The molecule has 0 saturated heterocycles. The van der Waals surface area contributed by atoms with Gasteiger partial charge in [0.15, 0.2) is 6.61 Å². The van der Waals surface area contributed by atoms with Gasteiger partial charge in [-0.2, -0.15) is 0 Å². The fourth-order valence-corrected chi connectivity index (χ4v) is 3.83. The van der Waals surface area contributed by atoms with E-state index in [1.807, 2.05) is 48.5 Å². The van der Waals surface area contributed by atoms with E-state index in [-0.39, 0.29) is 23.8 Å². The van der Waals surface area contributed by atoms with Crippen molar-refractivity contribution in [3.8, 4) is 5.75 Å². The van der Waals surface area contributed by atoms with Crippen molar-refractivity contribution in [2.45, 2.75) is 65.5 Å². The van der Waals surface area contributed by atoms with Gasteiger partial charge in [-0.3, -0.25) is 9.59 Å². The average molecular weight is 503 g/mol. The van der Waals surface area contributed by atoms with Crippen molar-refractivity contribution < 1.29 is 14.3 Å². The highest BCUT2D eigenvalue weighted by molar-refractivity contribution is 9.10. The maximum atomic E-state index is 13.3. The minimum absolute atomic E-state index is 0.109. The van der Waals surface area contributed by atoms with Crippen molar-refractivity contribution in [1.82, 2.24) is 10.2 Å². The minimum atomic E-state index is -0.611. The Hall–Kier alpha value is -2.34. The van der Waals surface area contributed by atoms with Crippen LogP contribution < -0.4 is 10.1 Å². The lowest BCUT2D eigenvalue weighted by molar-refractivity contribution is -0.142. The molecule has 2 aromatic carbocycles. The largest absolute Gasteiger partial charge is 0.483 e. The molecule has 2 amide bonds. The van der Waals surface area contributed by atoms with E-state index >= 15 is 0 Å². The van der Waals surface area contributed by atoms with Gasteiger partial charge in [-0.25, -0.2) is 0 Å². The van der Waals surface area contributed by atoms with E-state index in [9.17, 15) is 9.59 Å². The lowest BCUT2D eigenvalue weighted by Gasteiger charge is -2.29. The lowest BCUT2D eigenvalue weighted by Crippen LogP contribution is -2.49. The molecule has 0 aliphatic rings. The summed E-state index contributed by atoms with van der Waals surface area (Å²) in [6.45, 7) is 11.0. The SMILES string of the molecule is CCCCNC(=O)C(C)N(Cc1cccc(Br)c1)C(=O)COc1ccccc1C(C)(C)C. The molecule has 32 heavy (non-hydrogen) atoms. The summed E-state index contributed by atoms with van der Waals surface area (Å²) in [7, 11) is 0. The molecule has 0 saturated carbocycles. The fraction of sp³-hybridized carbons (Fsp3) is 0.462. The van der Waals surface area contributed by atoms with Crippen LogP contribution in [0.4, 0.5) is 0 Å². The van der Waals surface area contributed by atoms with Crippen molar-refractivity contribution in [3.63, 3.8) is 0 Å². The van der Waals surface area contributed by atoms with Crippen molar-refractivity contribution >= 4 is 27.7 Å². The van der Waals surface area contributed by atoms with Gasteiger partial charge >= 0.3 is 0 Å². The number of nitrogens with zero attached hydrogens (tertiary/aromatic N) is 1. The third-order valence-corrected chi connectivity index (χ3v) is 5.78. The van der Waals surface area contributed by atoms with Crippen molar-refractivity contribution in [2.75, 3.05) is 13.2 Å². The molecule has 0 bridgehead atoms. The zero-order valence-electron chi connectivity index (χ0n) is 19.8. The Labute approximate surface area is 200 Å². The summed E-state index contributed by atoms with van der Waals surface area (Å²) in [4.78, 5) is 27.6. The third kappa shape index (κ3) is 7.66. The van der Waals surface area contributed by atoms with Crippen LogP contribution in [-0.2, 0) is 21.5 Å². The van der Waals surface area contributed by atoms with E-state index < -0.39 is 6.04 Å². The lowest BCUT2D eigenvalue weighted by atomic mass is 9.86. The predicted octanol–water partition coefficient (Wildman–Crippen LogP) is 5.46. The van der Waals surface area contributed by atoms with Crippen LogP contribution in [0, 0.1) is 0 Å². The molecule has 0 fully saturated rings. The molecule has 6 heteroatoms. The van der Waals surface area contributed by atoms with Gasteiger partial charge < -0.3 is 15.0 Å². The minimum Gasteiger partial charge on any atom is -0.483 e. The van der Waals surface area contributed by atoms with Gasteiger partial charge in [-0.05, 0) is 48.1 Å². The van der Waals surface area contributed by atoms with E-state index in [1.165, 1.54) is 0 Å². The maximum absolute atomic E-state index is 13.3. The van der Waals surface area contributed by atoms with Gasteiger partial charge in [0.05, 0.1) is 0 Å². The highest BCUT2D eigenvalue weighted by atomic mass is 79.9. The summed E-state index contributed by atoms with van der Waals surface area (Å²) in [6, 6.07) is 14.9. The van der Waals surface area contributed by atoms with Crippen LogP contribution in [0.15, 0.2) is 53.0 Å². The molecule has 0 aliphatic carbocycles. The molecular formula is C26H35BrN2O3. The van der Waals surface area contributed by atoms with Crippen LogP contribution in [0.1, 0.15) is 58.6 Å². The molecule has 0 heterocycles. The molecule has 0 spiro atoms. The van der Waals surface area contributed by atoms with Gasteiger partial charge in [0, 0.05) is 17.6 Å². The smallest absolute Gasteiger partial charge is 0.261 e. The van der Waals surface area contributed by atoms with Crippen LogP contribution >= 0.6 is 15.9 Å². The van der Waals surface area contributed by atoms with E-state index in [1.54, 1.807) is 11.8 Å². The van der Waals surface area contributed by atoms with Gasteiger partial charge in [-0.15, -0.1) is 0 Å². The van der Waals surface area contributed by atoms with Crippen LogP contribution in [0.5, 0.6) is 5.75 Å². The van der Waals surface area contributed by atoms with Crippen molar-refractivity contribution in [2.24, 2.45) is 0 Å². The number of unbranched alkanes of at least 4 members (excludes halogenated alkanes) is 1. The number of hydrogen-bond donors (Lipinski definition) is 1. The number of amides is 2. The summed E-state index contributed by atoms with van der Waals surface area (Å²) < 4.78 is 6.89. The average Bonchev–Trinajstić information content (AvgIpc) is 2.75.